The topological polar surface area (TPSA) is 61.3 Å². The van der Waals surface area contributed by atoms with Crippen LogP contribution in [0.25, 0.3) is 0 Å². The van der Waals surface area contributed by atoms with E-state index in [1.165, 1.54) is 0 Å². The van der Waals surface area contributed by atoms with E-state index in [9.17, 15) is 5.11 Å². The molecule has 1 aromatic heterocycles. The first-order valence-corrected chi connectivity index (χ1v) is 6.69. The van der Waals surface area contributed by atoms with Crippen LogP contribution in [0.4, 0.5) is 11.8 Å². The minimum absolute atomic E-state index is 0.167. The number of rotatable bonds is 3. The van der Waals surface area contributed by atoms with Gasteiger partial charge in [-0.15, -0.1) is 0 Å². The molecule has 2 heterocycles. The number of aliphatic hydroxyl groups excluding tert-OH is 1. The summed E-state index contributed by atoms with van der Waals surface area (Å²) >= 11 is 3.48. The summed E-state index contributed by atoms with van der Waals surface area (Å²) in [6, 6.07) is 0. The first-order chi connectivity index (χ1) is 8.20. The van der Waals surface area contributed by atoms with Crippen LogP contribution in [0, 0.1) is 0 Å². The lowest BCUT2D eigenvalue weighted by Crippen LogP contribution is -2.36. The third-order valence-corrected chi connectivity index (χ3v) is 3.38. The van der Waals surface area contributed by atoms with Gasteiger partial charge in [-0.1, -0.05) is 0 Å². The normalized spacial score (nSPS) is 17.2. The predicted molar refractivity (Wildman–Crippen MR) is 71.3 cm³/mol. The Labute approximate surface area is 109 Å². The highest BCUT2D eigenvalue weighted by molar-refractivity contribution is 9.10. The average molecular weight is 301 g/mol. The van der Waals surface area contributed by atoms with Gasteiger partial charge in [0.2, 0.25) is 5.95 Å². The fourth-order valence-electron chi connectivity index (χ4n) is 1.90. The van der Waals surface area contributed by atoms with Crippen molar-refractivity contribution in [1.82, 2.24) is 9.97 Å². The number of nitrogens with one attached hydrogen (secondary N) is 1. The average Bonchev–Trinajstić information content (AvgIpc) is 2.33. The Bertz CT molecular complexity index is 380. The van der Waals surface area contributed by atoms with Crippen molar-refractivity contribution in [2.24, 2.45) is 0 Å². The van der Waals surface area contributed by atoms with Gasteiger partial charge in [0.15, 0.2) is 0 Å². The Morgan fingerprint density at radius 3 is 2.88 bits per heavy atom. The van der Waals surface area contributed by atoms with Gasteiger partial charge in [-0.3, -0.25) is 0 Å². The second-order valence-corrected chi connectivity index (χ2v) is 4.97. The standard InChI is InChI=1S/C11H17BrN4O/c1-2-13-11-14-7-9(12)10(15-11)16-5-3-8(17)4-6-16/h7-8,17H,2-6H2,1H3,(H,13,14,15). The zero-order valence-corrected chi connectivity index (χ0v) is 11.4. The van der Waals surface area contributed by atoms with Gasteiger partial charge in [0.05, 0.1) is 10.6 Å². The first kappa shape index (κ1) is 12.6. The van der Waals surface area contributed by atoms with Gasteiger partial charge in [-0.05, 0) is 35.7 Å². The molecule has 1 fully saturated rings. The maximum absolute atomic E-state index is 9.50. The number of hydrogen-bond acceptors (Lipinski definition) is 5. The Kier molecular flexibility index (Phi) is 4.17. The number of nitrogens with zero attached hydrogens (tertiary/aromatic N) is 3. The molecule has 0 unspecified atom stereocenters. The summed E-state index contributed by atoms with van der Waals surface area (Å²) in [6.07, 6.45) is 3.20. The number of hydrogen-bond donors (Lipinski definition) is 2. The first-order valence-electron chi connectivity index (χ1n) is 5.90. The molecule has 2 rings (SSSR count). The van der Waals surface area contributed by atoms with Gasteiger partial charge < -0.3 is 15.3 Å². The van der Waals surface area contributed by atoms with Gasteiger partial charge >= 0.3 is 0 Å². The molecule has 1 saturated heterocycles. The van der Waals surface area contributed by atoms with E-state index in [0.717, 1.165) is 42.8 Å². The van der Waals surface area contributed by atoms with Crippen molar-refractivity contribution < 1.29 is 5.11 Å². The molecule has 0 radical (unpaired) electrons. The van der Waals surface area contributed by atoms with Crippen molar-refractivity contribution in [3.8, 4) is 0 Å². The monoisotopic (exact) mass is 300 g/mol. The summed E-state index contributed by atoms with van der Waals surface area (Å²) in [4.78, 5) is 10.9. The van der Waals surface area contributed by atoms with Crippen LogP contribution in [-0.2, 0) is 0 Å². The van der Waals surface area contributed by atoms with Crippen molar-refractivity contribution in [1.29, 1.82) is 0 Å². The van der Waals surface area contributed by atoms with Crippen molar-refractivity contribution in [2.45, 2.75) is 25.9 Å². The highest BCUT2D eigenvalue weighted by Gasteiger charge is 2.20. The summed E-state index contributed by atoms with van der Waals surface area (Å²) < 4.78 is 0.899. The quantitative estimate of drug-likeness (QED) is 0.888. The third-order valence-electron chi connectivity index (χ3n) is 2.82. The summed E-state index contributed by atoms with van der Waals surface area (Å²) in [6.45, 7) is 4.49. The number of halogens is 1. The Balaban J connectivity index is 2.15. The van der Waals surface area contributed by atoms with Crippen LogP contribution in [0.3, 0.4) is 0 Å². The number of piperidine rings is 1. The van der Waals surface area contributed by atoms with Crippen molar-refractivity contribution in [2.75, 3.05) is 29.9 Å². The molecule has 1 aliphatic rings. The van der Waals surface area contributed by atoms with E-state index in [2.05, 4.69) is 36.1 Å². The Hall–Kier alpha value is -0.880. The maximum atomic E-state index is 9.50. The van der Waals surface area contributed by atoms with Crippen molar-refractivity contribution >= 4 is 27.7 Å². The van der Waals surface area contributed by atoms with E-state index >= 15 is 0 Å². The summed E-state index contributed by atoms with van der Waals surface area (Å²) in [7, 11) is 0. The van der Waals surface area contributed by atoms with Crippen LogP contribution in [0.5, 0.6) is 0 Å². The predicted octanol–water partition coefficient (Wildman–Crippen LogP) is 1.63. The van der Waals surface area contributed by atoms with Gasteiger partial charge in [0.1, 0.15) is 5.82 Å². The minimum atomic E-state index is -0.167. The van der Waals surface area contributed by atoms with Gasteiger partial charge in [-0.2, -0.15) is 4.98 Å². The van der Waals surface area contributed by atoms with E-state index < -0.39 is 0 Å². The molecule has 1 aliphatic heterocycles. The number of aromatic nitrogens is 2. The molecular formula is C11H17BrN4O. The number of anilines is 2. The Morgan fingerprint density at radius 1 is 1.53 bits per heavy atom. The zero-order valence-electron chi connectivity index (χ0n) is 9.86. The molecule has 6 heteroatoms. The molecule has 5 nitrogen and oxygen atoms in total. The summed E-state index contributed by atoms with van der Waals surface area (Å²) in [5, 5.41) is 12.6. The highest BCUT2D eigenvalue weighted by Crippen LogP contribution is 2.26. The van der Waals surface area contributed by atoms with Crippen LogP contribution in [0.1, 0.15) is 19.8 Å². The van der Waals surface area contributed by atoms with E-state index in [0.29, 0.717) is 5.95 Å². The SMILES string of the molecule is CCNc1ncc(Br)c(N2CCC(O)CC2)n1. The van der Waals surface area contributed by atoms with E-state index in [4.69, 9.17) is 0 Å². The lowest BCUT2D eigenvalue weighted by Gasteiger charge is -2.31. The van der Waals surface area contributed by atoms with Gasteiger partial charge in [-0.25, -0.2) is 4.98 Å². The van der Waals surface area contributed by atoms with Gasteiger partial charge in [0, 0.05) is 25.8 Å². The minimum Gasteiger partial charge on any atom is -0.393 e. The fourth-order valence-corrected chi connectivity index (χ4v) is 2.34. The molecule has 0 bridgehead atoms. The second-order valence-electron chi connectivity index (χ2n) is 4.11. The lowest BCUT2D eigenvalue weighted by atomic mass is 10.1. The Morgan fingerprint density at radius 2 is 2.24 bits per heavy atom. The van der Waals surface area contributed by atoms with E-state index in [-0.39, 0.29) is 6.10 Å². The highest BCUT2D eigenvalue weighted by atomic mass is 79.9. The van der Waals surface area contributed by atoms with E-state index in [1.807, 2.05) is 6.92 Å². The summed E-state index contributed by atoms with van der Waals surface area (Å²) in [5.74, 6) is 1.56. The third kappa shape index (κ3) is 3.07. The molecule has 0 saturated carbocycles. The second kappa shape index (κ2) is 5.64. The maximum Gasteiger partial charge on any atom is 0.224 e. The lowest BCUT2D eigenvalue weighted by molar-refractivity contribution is 0.145. The van der Waals surface area contributed by atoms with E-state index in [1.54, 1.807) is 6.20 Å². The van der Waals surface area contributed by atoms with Gasteiger partial charge in [0.25, 0.3) is 0 Å². The van der Waals surface area contributed by atoms with Crippen LogP contribution in [0.2, 0.25) is 0 Å². The largest absolute Gasteiger partial charge is 0.393 e. The van der Waals surface area contributed by atoms with Crippen molar-refractivity contribution in [3.05, 3.63) is 10.7 Å². The molecule has 1 aromatic rings. The smallest absolute Gasteiger partial charge is 0.224 e. The van der Waals surface area contributed by atoms with Crippen LogP contribution in [-0.4, -0.2) is 40.8 Å². The van der Waals surface area contributed by atoms with Crippen LogP contribution in [0.15, 0.2) is 10.7 Å². The molecule has 94 valence electrons. The zero-order chi connectivity index (χ0) is 12.3. The number of aliphatic hydroxyl groups is 1. The van der Waals surface area contributed by atoms with Crippen LogP contribution >= 0.6 is 15.9 Å². The molecule has 0 spiro atoms. The summed E-state index contributed by atoms with van der Waals surface area (Å²) in [5.41, 5.74) is 0. The molecule has 0 amide bonds. The molecule has 0 aromatic carbocycles. The fraction of sp³-hybridized carbons (Fsp3) is 0.636. The van der Waals surface area contributed by atoms with Crippen LogP contribution < -0.4 is 10.2 Å². The molecule has 0 aliphatic carbocycles. The molecule has 0 atom stereocenters. The molecule has 17 heavy (non-hydrogen) atoms. The van der Waals surface area contributed by atoms with Crippen molar-refractivity contribution in [3.63, 3.8) is 0 Å². The molecular weight excluding hydrogens is 284 g/mol. The molecule has 2 N–H and O–H groups in total.